The highest BCUT2D eigenvalue weighted by Gasteiger charge is 2.61. The van der Waals surface area contributed by atoms with E-state index in [-0.39, 0.29) is 12.5 Å². The van der Waals surface area contributed by atoms with Crippen LogP contribution in [0.1, 0.15) is 78.6 Å². The van der Waals surface area contributed by atoms with Crippen molar-refractivity contribution in [1.29, 1.82) is 0 Å². The van der Waals surface area contributed by atoms with E-state index in [1.54, 1.807) is 0 Å². The number of nitrogens with one attached hydrogen (secondary N) is 3. The van der Waals surface area contributed by atoms with E-state index in [0.717, 1.165) is 25.7 Å². The molecule has 4 rings (SSSR count). The van der Waals surface area contributed by atoms with E-state index in [4.69, 9.17) is 8.92 Å². The molecular weight excluding hydrogens is 528 g/mol. The van der Waals surface area contributed by atoms with Crippen LogP contribution >= 0.6 is 0 Å². The quantitative estimate of drug-likeness (QED) is 0.336. The van der Waals surface area contributed by atoms with Gasteiger partial charge in [-0.1, -0.05) is 26.8 Å². The Balaban J connectivity index is 1.43. The third kappa shape index (κ3) is 6.92. The fraction of sp³-hybridized carbons (Fsp3) is 0.769. The first kappa shape index (κ1) is 29.3. The SMILES string of the molecule is C=C[C@@H]1C[C@]1(NC(=O)[C@@H]1CCCN1C(=O)[C@@H](NC(=O)OC1CCCC1)C(C)(C)C)C(=O)NS(=O)(=O)OC1CC1. The van der Waals surface area contributed by atoms with Gasteiger partial charge in [0.2, 0.25) is 11.8 Å². The Morgan fingerprint density at radius 1 is 1.03 bits per heavy atom. The van der Waals surface area contributed by atoms with Crippen molar-refractivity contribution >= 4 is 34.1 Å². The van der Waals surface area contributed by atoms with Gasteiger partial charge in [-0.25, -0.2) is 9.52 Å². The molecule has 4 aliphatic rings. The van der Waals surface area contributed by atoms with Gasteiger partial charge >= 0.3 is 16.4 Å². The van der Waals surface area contributed by atoms with Crippen LogP contribution in [-0.4, -0.2) is 73.5 Å². The number of carbonyl (C=O) groups is 4. The maximum Gasteiger partial charge on any atom is 0.408 e. The lowest BCUT2D eigenvalue weighted by Crippen LogP contribution is -2.60. The zero-order valence-electron chi connectivity index (χ0n) is 22.9. The number of nitrogens with zero attached hydrogens (tertiary/aromatic N) is 1. The average Bonchev–Trinajstić information content (AvgIpc) is 3.64. The molecule has 4 amide bonds. The van der Waals surface area contributed by atoms with Crippen molar-refractivity contribution in [2.24, 2.45) is 11.3 Å². The van der Waals surface area contributed by atoms with E-state index in [2.05, 4.69) is 17.2 Å². The number of alkyl carbamates (subject to hydrolysis) is 1. The summed E-state index contributed by atoms with van der Waals surface area (Å²) in [4.78, 5) is 54.2. The first-order valence-electron chi connectivity index (χ1n) is 13.7. The van der Waals surface area contributed by atoms with Gasteiger partial charge in [-0.05, 0) is 63.2 Å². The zero-order chi connectivity index (χ0) is 28.6. The zero-order valence-corrected chi connectivity index (χ0v) is 23.7. The van der Waals surface area contributed by atoms with Gasteiger partial charge in [0.05, 0.1) is 6.10 Å². The summed E-state index contributed by atoms with van der Waals surface area (Å²) < 4.78 is 36.8. The maximum atomic E-state index is 13.7. The van der Waals surface area contributed by atoms with Crippen LogP contribution in [0.4, 0.5) is 4.79 Å². The highest BCUT2D eigenvalue weighted by Crippen LogP contribution is 2.45. The number of hydrogen-bond acceptors (Lipinski definition) is 8. The van der Waals surface area contributed by atoms with Gasteiger partial charge in [0.1, 0.15) is 23.7 Å². The molecule has 0 aromatic heterocycles. The van der Waals surface area contributed by atoms with Crippen molar-refractivity contribution in [2.45, 2.75) is 108 Å². The molecule has 39 heavy (non-hydrogen) atoms. The molecule has 4 fully saturated rings. The summed E-state index contributed by atoms with van der Waals surface area (Å²) in [6, 6.07) is -1.83. The highest BCUT2D eigenvalue weighted by molar-refractivity contribution is 7.85. The third-order valence-corrected chi connectivity index (χ3v) is 8.81. The van der Waals surface area contributed by atoms with Gasteiger partial charge in [-0.2, -0.15) is 8.42 Å². The second-order valence-electron chi connectivity index (χ2n) is 12.1. The number of hydrogen-bond donors (Lipinski definition) is 3. The standard InChI is InChI=1S/C26H40N4O8S/c1-5-16-15-26(16,23(33)29-39(35,36)38-18-12-13-18)28-21(31)19-11-8-14-30(19)22(32)20(25(2,3)4)27-24(34)37-17-9-6-7-10-17/h5,16-20H,1,6-15H2,2-4H3,(H,27,34)(H,28,31)(H,29,33)/t16-,19+,20-,26-/m1/s1. The van der Waals surface area contributed by atoms with E-state index in [0.29, 0.717) is 32.2 Å². The van der Waals surface area contributed by atoms with E-state index in [9.17, 15) is 27.6 Å². The minimum absolute atomic E-state index is 0.164. The molecule has 1 saturated heterocycles. The molecule has 0 aromatic carbocycles. The molecular formula is C26H40N4O8S. The van der Waals surface area contributed by atoms with Gasteiger partial charge in [0, 0.05) is 12.5 Å². The maximum absolute atomic E-state index is 13.7. The summed E-state index contributed by atoms with van der Waals surface area (Å²) in [7, 11) is -4.32. The average molecular weight is 569 g/mol. The van der Waals surface area contributed by atoms with E-state index in [1.807, 2.05) is 25.5 Å². The second kappa shape index (κ2) is 11.1. The van der Waals surface area contributed by atoms with E-state index < -0.39 is 69.2 Å². The Kier molecular flexibility index (Phi) is 8.32. The predicted octanol–water partition coefficient (Wildman–Crippen LogP) is 1.66. The van der Waals surface area contributed by atoms with Gasteiger partial charge in [-0.15, -0.1) is 6.58 Å². The van der Waals surface area contributed by atoms with Crippen LogP contribution in [-0.2, 0) is 33.6 Å². The minimum atomic E-state index is -4.32. The van der Waals surface area contributed by atoms with Crippen molar-refractivity contribution in [3.8, 4) is 0 Å². The first-order chi connectivity index (χ1) is 18.3. The predicted molar refractivity (Wildman–Crippen MR) is 140 cm³/mol. The van der Waals surface area contributed by atoms with Crippen LogP contribution in [0, 0.1) is 11.3 Å². The van der Waals surface area contributed by atoms with Crippen LogP contribution in [0.5, 0.6) is 0 Å². The first-order valence-corrected chi connectivity index (χ1v) is 15.1. The Labute approximate surface area is 229 Å². The molecule has 3 aliphatic carbocycles. The second-order valence-corrected chi connectivity index (χ2v) is 13.4. The lowest BCUT2D eigenvalue weighted by atomic mass is 9.85. The van der Waals surface area contributed by atoms with Crippen molar-refractivity contribution in [1.82, 2.24) is 20.3 Å². The lowest BCUT2D eigenvalue weighted by Gasteiger charge is -2.35. The molecule has 218 valence electrons. The summed E-state index contributed by atoms with van der Waals surface area (Å²) >= 11 is 0. The van der Waals surface area contributed by atoms with Gasteiger partial charge in [0.15, 0.2) is 0 Å². The van der Waals surface area contributed by atoms with Crippen LogP contribution in [0.15, 0.2) is 12.7 Å². The summed E-state index contributed by atoms with van der Waals surface area (Å²) in [5.41, 5.74) is -2.17. The Morgan fingerprint density at radius 2 is 1.69 bits per heavy atom. The van der Waals surface area contributed by atoms with Gasteiger partial charge in [0.25, 0.3) is 5.91 Å². The normalized spacial score (nSPS) is 27.9. The molecule has 1 heterocycles. The third-order valence-electron chi connectivity index (χ3n) is 7.85. The van der Waals surface area contributed by atoms with Crippen LogP contribution in [0.25, 0.3) is 0 Å². The van der Waals surface area contributed by atoms with Crippen molar-refractivity contribution < 1.29 is 36.5 Å². The molecule has 3 N–H and O–H groups in total. The van der Waals surface area contributed by atoms with Crippen LogP contribution in [0.3, 0.4) is 0 Å². The van der Waals surface area contributed by atoms with Crippen molar-refractivity contribution in [3.05, 3.63) is 12.7 Å². The summed E-state index contributed by atoms with van der Waals surface area (Å²) in [6.07, 6.45) is 6.10. The number of amides is 4. The minimum Gasteiger partial charge on any atom is -0.446 e. The van der Waals surface area contributed by atoms with E-state index in [1.165, 1.54) is 11.0 Å². The smallest absolute Gasteiger partial charge is 0.408 e. The topological polar surface area (TPSA) is 160 Å². The summed E-state index contributed by atoms with van der Waals surface area (Å²) in [5.74, 6) is -2.36. The molecule has 13 heteroatoms. The molecule has 12 nitrogen and oxygen atoms in total. The molecule has 0 aromatic rings. The number of ether oxygens (including phenoxy) is 1. The fourth-order valence-electron chi connectivity index (χ4n) is 5.34. The Hall–Kier alpha value is -2.67. The molecule has 3 saturated carbocycles. The van der Waals surface area contributed by atoms with Gasteiger partial charge in [-0.3, -0.25) is 18.6 Å². The lowest BCUT2D eigenvalue weighted by molar-refractivity contribution is -0.142. The highest BCUT2D eigenvalue weighted by atomic mass is 32.2. The largest absolute Gasteiger partial charge is 0.446 e. The molecule has 0 unspecified atom stereocenters. The fourth-order valence-corrected chi connectivity index (χ4v) is 6.34. The van der Waals surface area contributed by atoms with Gasteiger partial charge < -0.3 is 20.3 Å². The van der Waals surface area contributed by atoms with Crippen molar-refractivity contribution in [3.63, 3.8) is 0 Å². The monoisotopic (exact) mass is 568 g/mol. The molecule has 4 atom stereocenters. The summed E-state index contributed by atoms with van der Waals surface area (Å²) in [6.45, 7) is 9.45. The molecule has 0 spiro atoms. The Morgan fingerprint density at radius 3 is 2.26 bits per heavy atom. The Bertz CT molecular complexity index is 1110. The van der Waals surface area contributed by atoms with E-state index >= 15 is 0 Å². The van der Waals surface area contributed by atoms with Crippen molar-refractivity contribution in [2.75, 3.05) is 6.54 Å². The number of rotatable bonds is 10. The number of likely N-dealkylation sites (tertiary alicyclic amines) is 1. The van der Waals surface area contributed by atoms with Crippen LogP contribution in [0.2, 0.25) is 0 Å². The summed E-state index contributed by atoms with van der Waals surface area (Å²) in [5, 5.41) is 5.42. The number of carbonyl (C=O) groups excluding carboxylic acids is 4. The molecule has 0 radical (unpaired) electrons. The molecule has 1 aliphatic heterocycles. The molecule has 0 bridgehead atoms. The van der Waals surface area contributed by atoms with Crippen LogP contribution < -0.4 is 15.4 Å².